The summed E-state index contributed by atoms with van der Waals surface area (Å²) < 4.78 is 3.44. The Morgan fingerprint density at radius 3 is 2.62 bits per heavy atom. The minimum atomic E-state index is -0.102. The minimum Gasteiger partial charge on any atom is -0.322 e. The molecular formula is C16H18N6OS. The van der Waals surface area contributed by atoms with E-state index in [2.05, 4.69) is 20.5 Å². The minimum absolute atomic E-state index is 0.102. The Hall–Kier alpha value is -2.61. The second kappa shape index (κ2) is 6.88. The van der Waals surface area contributed by atoms with Gasteiger partial charge in [-0.3, -0.25) is 9.48 Å². The molecule has 1 N–H and O–H groups in total. The molecule has 0 aliphatic heterocycles. The van der Waals surface area contributed by atoms with Crippen molar-refractivity contribution < 1.29 is 4.79 Å². The summed E-state index contributed by atoms with van der Waals surface area (Å²) in [5.41, 5.74) is 3.44. The van der Waals surface area contributed by atoms with Gasteiger partial charge in [-0.1, -0.05) is 30.0 Å². The van der Waals surface area contributed by atoms with Gasteiger partial charge in [0.05, 0.1) is 28.5 Å². The summed E-state index contributed by atoms with van der Waals surface area (Å²) in [7, 11) is 1.85. The molecule has 0 saturated carbocycles. The van der Waals surface area contributed by atoms with Crippen LogP contribution in [0.1, 0.15) is 11.4 Å². The van der Waals surface area contributed by atoms with E-state index in [0.29, 0.717) is 5.16 Å². The van der Waals surface area contributed by atoms with Crippen LogP contribution in [-0.4, -0.2) is 36.2 Å². The molecule has 3 rings (SSSR count). The van der Waals surface area contributed by atoms with Crippen molar-refractivity contribution in [1.82, 2.24) is 24.5 Å². The molecule has 7 nitrogen and oxygen atoms in total. The first-order valence-electron chi connectivity index (χ1n) is 7.44. The van der Waals surface area contributed by atoms with Crippen LogP contribution in [0.25, 0.3) is 5.69 Å². The lowest BCUT2D eigenvalue weighted by molar-refractivity contribution is -0.113. The number of anilines is 1. The van der Waals surface area contributed by atoms with Crippen molar-refractivity contribution in [3.8, 4) is 5.69 Å². The molecule has 0 saturated heterocycles. The fraction of sp³-hybridized carbons (Fsp3) is 0.250. The van der Waals surface area contributed by atoms with E-state index in [1.54, 1.807) is 15.7 Å². The number of aromatic nitrogens is 5. The van der Waals surface area contributed by atoms with Gasteiger partial charge in [0.1, 0.15) is 6.33 Å². The van der Waals surface area contributed by atoms with Gasteiger partial charge in [0, 0.05) is 7.05 Å². The Bertz CT molecular complexity index is 855. The normalized spacial score (nSPS) is 10.8. The second-order valence-corrected chi connectivity index (χ2v) is 6.26. The highest BCUT2D eigenvalue weighted by Crippen LogP contribution is 2.20. The number of rotatable bonds is 5. The SMILES string of the molecule is Cc1nn(C)c(C)c1NC(=O)CSc1ncn(-c2ccccc2)n1. The molecule has 1 amide bonds. The van der Waals surface area contributed by atoms with Crippen LogP contribution in [0.5, 0.6) is 0 Å². The number of hydrogen-bond acceptors (Lipinski definition) is 5. The molecule has 0 atom stereocenters. The van der Waals surface area contributed by atoms with E-state index in [9.17, 15) is 4.79 Å². The summed E-state index contributed by atoms with van der Waals surface area (Å²) in [5, 5.41) is 12.1. The molecule has 3 aromatic rings. The Kier molecular flexibility index (Phi) is 4.66. The number of carbonyl (C=O) groups excluding carboxylic acids is 1. The van der Waals surface area contributed by atoms with E-state index in [1.807, 2.05) is 51.2 Å². The predicted octanol–water partition coefficient (Wildman–Crippen LogP) is 2.35. The number of carbonyl (C=O) groups is 1. The van der Waals surface area contributed by atoms with E-state index in [-0.39, 0.29) is 11.7 Å². The molecule has 24 heavy (non-hydrogen) atoms. The van der Waals surface area contributed by atoms with Gasteiger partial charge >= 0.3 is 0 Å². The molecule has 0 aliphatic carbocycles. The number of thioether (sulfide) groups is 1. The maximum Gasteiger partial charge on any atom is 0.234 e. The maximum atomic E-state index is 12.1. The lowest BCUT2D eigenvalue weighted by Gasteiger charge is -2.04. The van der Waals surface area contributed by atoms with Crippen molar-refractivity contribution in [2.75, 3.05) is 11.1 Å². The molecule has 0 unspecified atom stereocenters. The fourth-order valence-electron chi connectivity index (χ4n) is 2.28. The number of benzene rings is 1. The van der Waals surface area contributed by atoms with Gasteiger partial charge in [0.2, 0.25) is 11.1 Å². The number of nitrogens with zero attached hydrogens (tertiary/aromatic N) is 5. The van der Waals surface area contributed by atoms with Gasteiger partial charge in [-0.2, -0.15) is 5.10 Å². The zero-order valence-electron chi connectivity index (χ0n) is 13.7. The highest BCUT2D eigenvalue weighted by atomic mass is 32.2. The van der Waals surface area contributed by atoms with Gasteiger partial charge in [-0.25, -0.2) is 9.67 Å². The molecule has 1 aromatic carbocycles. The van der Waals surface area contributed by atoms with Crippen LogP contribution in [0, 0.1) is 13.8 Å². The summed E-state index contributed by atoms with van der Waals surface area (Å²) in [6.45, 7) is 3.80. The van der Waals surface area contributed by atoms with Gasteiger partial charge in [0.25, 0.3) is 0 Å². The summed E-state index contributed by atoms with van der Waals surface area (Å²) >= 11 is 1.30. The number of hydrogen-bond donors (Lipinski definition) is 1. The molecule has 124 valence electrons. The first-order valence-corrected chi connectivity index (χ1v) is 8.43. The summed E-state index contributed by atoms with van der Waals surface area (Å²) in [6.07, 6.45) is 1.64. The van der Waals surface area contributed by atoms with E-state index in [1.165, 1.54) is 11.8 Å². The van der Waals surface area contributed by atoms with Crippen LogP contribution in [0.15, 0.2) is 41.8 Å². The first kappa shape index (κ1) is 16.3. The van der Waals surface area contributed by atoms with Gasteiger partial charge < -0.3 is 5.32 Å². The second-order valence-electron chi connectivity index (χ2n) is 5.31. The van der Waals surface area contributed by atoms with Crippen LogP contribution in [0.2, 0.25) is 0 Å². The Labute approximate surface area is 144 Å². The number of aryl methyl sites for hydroxylation is 2. The fourth-order valence-corrected chi connectivity index (χ4v) is 2.88. The van der Waals surface area contributed by atoms with Gasteiger partial charge in [-0.05, 0) is 26.0 Å². The lowest BCUT2D eigenvalue weighted by atomic mass is 10.3. The van der Waals surface area contributed by atoms with E-state index in [4.69, 9.17) is 0 Å². The average Bonchev–Trinajstić information content (AvgIpc) is 3.15. The molecule has 0 spiro atoms. The molecule has 0 aliphatic rings. The zero-order chi connectivity index (χ0) is 17.1. The third kappa shape index (κ3) is 3.48. The van der Waals surface area contributed by atoms with Crippen LogP contribution < -0.4 is 5.32 Å². The molecular weight excluding hydrogens is 324 g/mol. The smallest absolute Gasteiger partial charge is 0.234 e. The zero-order valence-corrected chi connectivity index (χ0v) is 14.5. The van der Waals surface area contributed by atoms with E-state index >= 15 is 0 Å². The van der Waals surface area contributed by atoms with Crippen molar-refractivity contribution in [3.63, 3.8) is 0 Å². The third-order valence-electron chi connectivity index (χ3n) is 3.60. The standard InChI is InChI=1S/C16H18N6OS/c1-11-15(12(2)21(3)19-11)18-14(23)9-24-16-17-10-22(20-16)13-7-5-4-6-8-13/h4-8,10H,9H2,1-3H3,(H,18,23). The van der Waals surface area contributed by atoms with Crippen molar-refractivity contribution in [2.24, 2.45) is 7.05 Å². The molecule has 0 fully saturated rings. The molecule has 0 radical (unpaired) electrons. The predicted molar refractivity (Wildman–Crippen MR) is 93.4 cm³/mol. The molecule has 2 aromatic heterocycles. The van der Waals surface area contributed by atoms with E-state index in [0.717, 1.165) is 22.8 Å². The first-order chi connectivity index (χ1) is 11.5. The largest absolute Gasteiger partial charge is 0.322 e. The third-order valence-corrected chi connectivity index (χ3v) is 4.45. The Morgan fingerprint density at radius 2 is 1.96 bits per heavy atom. The summed E-state index contributed by atoms with van der Waals surface area (Å²) in [5.74, 6) is 0.141. The lowest BCUT2D eigenvalue weighted by Crippen LogP contribution is -2.15. The summed E-state index contributed by atoms with van der Waals surface area (Å²) in [4.78, 5) is 16.4. The van der Waals surface area contributed by atoms with Crippen LogP contribution in [0.3, 0.4) is 0 Å². The number of amides is 1. The average molecular weight is 342 g/mol. The Morgan fingerprint density at radius 1 is 1.21 bits per heavy atom. The number of nitrogens with one attached hydrogen (secondary N) is 1. The topological polar surface area (TPSA) is 77.6 Å². The van der Waals surface area contributed by atoms with Crippen molar-refractivity contribution >= 4 is 23.4 Å². The van der Waals surface area contributed by atoms with Crippen molar-refractivity contribution in [1.29, 1.82) is 0 Å². The van der Waals surface area contributed by atoms with Crippen LogP contribution >= 0.6 is 11.8 Å². The Balaban J connectivity index is 1.60. The highest BCUT2D eigenvalue weighted by Gasteiger charge is 2.13. The van der Waals surface area contributed by atoms with Crippen molar-refractivity contribution in [3.05, 3.63) is 48.0 Å². The number of para-hydroxylation sites is 1. The van der Waals surface area contributed by atoms with Gasteiger partial charge in [0.15, 0.2) is 0 Å². The monoisotopic (exact) mass is 342 g/mol. The van der Waals surface area contributed by atoms with Crippen LogP contribution in [0.4, 0.5) is 5.69 Å². The summed E-state index contributed by atoms with van der Waals surface area (Å²) in [6, 6.07) is 9.72. The quantitative estimate of drug-likeness (QED) is 0.720. The molecule has 2 heterocycles. The van der Waals surface area contributed by atoms with E-state index < -0.39 is 0 Å². The van der Waals surface area contributed by atoms with Crippen LogP contribution in [-0.2, 0) is 11.8 Å². The molecule has 8 heteroatoms. The van der Waals surface area contributed by atoms with Gasteiger partial charge in [-0.15, -0.1) is 5.10 Å². The maximum absolute atomic E-state index is 12.1. The molecule has 0 bridgehead atoms. The highest BCUT2D eigenvalue weighted by molar-refractivity contribution is 7.99. The van der Waals surface area contributed by atoms with Crippen molar-refractivity contribution in [2.45, 2.75) is 19.0 Å².